The predicted molar refractivity (Wildman–Crippen MR) is 116 cm³/mol. The molecule has 28 heavy (non-hydrogen) atoms. The van der Waals surface area contributed by atoms with Crippen LogP contribution in [0.25, 0.3) is 11.0 Å². The average Bonchev–Trinajstić information content (AvgIpc) is 3.09. The number of carbonyl (C=O) groups is 1. The number of carbonyl (C=O) groups excluding carboxylic acids is 1. The van der Waals surface area contributed by atoms with E-state index >= 15 is 0 Å². The summed E-state index contributed by atoms with van der Waals surface area (Å²) in [5.74, 6) is -0.252. The Morgan fingerprint density at radius 3 is 2.75 bits per heavy atom. The third-order valence-corrected chi connectivity index (χ3v) is 5.45. The van der Waals surface area contributed by atoms with E-state index < -0.39 is 6.17 Å². The molecule has 0 aliphatic heterocycles. The van der Waals surface area contributed by atoms with E-state index in [-0.39, 0.29) is 5.91 Å². The number of likely N-dealkylation sites (N-methyl/N-ethyl adjacent to an activating group) is 1. The number of aryl methyl sites for hydroxylation is 1. The number of hydrogen-bond donors (Lipinski definition) is 2. The van der Waals surface area contributed by atoms with E-state index in [0.717, 1.165) is 15.4 Å². The maximum Gasteiger partial charge on any atom is 0.250 e. The molecule has 1 unspecified atom stereocenters. The lowest BCUT2D eigenvalue weighted by Gasteiger charge is -2.10. The van der Waals surface area contributed by atoms with E-state index in [0.29, 0.717) is 29.1 Å². The van der Waals surface area contributed by atoms with E-state index in [4.69, 9.17) is 0 Å². The number of benzene rings is 1. The fraction of sp³-hybridized carbons (Fsp3) is 0.273. The van der Waals surface area contributed by atoms with Gasteiger partial charge in [0, 0.05) is 27.5 Å². The zero-order valence-electron chi connectivity index (χ0n) is 16.7. The van der Waals surface area contributed by atoms with Gasteiger partial charge in [-0.1, -0.05) is 42.6 Å². The van der Waals surface area contributed by atoms with Crippen molar-refractivity contribution in [2.75, 3.05) is 6.54 Å². The van der Waals surface area contributed by atoms with Crippen molar-refractivity contribution in [2.24, 2.45) is 0 Å². The molecule has 0 fully saturated rings. The molecule has 6 heteroatoms. The van der Waals surface area contributed by atoms with Crippen LogP contribution in [0, 0.1) is 6.92 Å². The number of rotatable bonds is 8. The maximum atomic E-state index is 14.5. The lowest BCUT2D eigenvalue weighted by atomic mass is 10.1. The number of aromatic amines is 1. The topological polar surface area (TPSA) is 57.8 Å². The Morgan fingerprint density at radius 2 is 2.14 bits per heavy atom. The molecule has 0 bridgehead atoms. The molecule has 0 saturated carbocycles. The molecule has 2 rings (SSSR count). The summed E-state index contributed by atoms with van der Waals surface area (Å²) in [4.78, 5) is 13.8. The minimum Gasteiger partial charge on any atom is -0.352 e. The van der Waals surface area contributed by atoms with E-state index in [9.17, 15) is 9.18 Å². The standard InChI is InChI=1S/C22H26FN3OS/c1-6-18(28-19-11-9-8-10-14(19)3)21-20(16(5)23)17(25-26-21)13-12-15(4)22(27)24-7-2/h6,8-13,16H,4,7H2,1-3,5H3,(H,24,27)(H,25,26)/b13-12-,18-6-. The molecule has 2 aromatic rings. The molecule has 1 aromatic carbocycles. The molecule has 4 nitrogen and oxygen atoms in total. The highest BCUT2D eigenvalue weighted by Gasteiger charge is 2.21. The molecule has 148 valence electrons. The van der Waals surface area contributed by atoms with Gasteiger partial charge in [-0.15, -0.1) is 0 Å². The normalized spacial score (nSPS) is 13.0. The van der Waals surface area contributed by atoms with Gasteiger partial charge < -0.3 is 5.32 Å². The largest absolute Gasteiger partial charge is 0.352 e. The first kappa shape index (κ1) is 21.7. The monoisotopic (exact) mass is 399 g/mol. The van der Waals surface area contributed by atoms with E-state index in [1.54, 1.807) is 23.9 Å². The summed E-state index contributed by atoms with van der Waals surface area (Å²) in [6.07, 6.45) is 3.92. The highest BCUT2D eigenvalue weighted by atomic mass is 32.2. The van der Waals surface area contributed by atoms with Gasteiger partial charge in [0.1, 0.15) is 11.9 Å². The molecule has 1 amide bonds. The minimum atomic E-state index is -1.22. The van der Waals surface area contributed by atoms with Gasteiger partial charge in [-0.05, 0) is 51.5 Å². The Balaban J connectivity index is 2.34. The Hall–Kier alpha value is -2.60. The molecule has 1 atom stereocenters. The fourth-order valence-corrected chi connectivity index (χ4v) is 3.63. The van der Waals surface area contributed by atoms with Crippen molar-refractivity contribution in [1.82, 2.24) is 15.5 Å². The van der Waals surface area contributed by atoms with Crippen LogP contribution in [0.3, 0.4) is 0 Å². The number of hydrogen-bond acceptors (Lipinski definition) is 3. The first-order valence-corrected chi connectivity index (χ1v) is 9.98. The van der Waals surface area contributed by atoms with Gasteiger partial charge in [-0.25, -0.2) is 4.39 Å². The lowest BCUT2D eigenvalue weighted by molar-refractivity contribution is -0.117. The number of H-pyrrole nitrogens is 1. The first-order valence-electron chi connectivity index (χ1n) is 9.16. The van der Waals surface area contributed by atoms with Crippen LogP contribution in [0.5, 0.6) is 0 Å². The van der Waals surface area contributed by atoms with Crippen LogP contribution in [-0.2, 0) is 4.79 Å². The van der Waals surface area contributed by atoms with Crippen LogP contribution >= 0.6 is 11.8 Å². The summed E-state index contributed by atoms with van der Waals surface area (Å²) < 4.78 is 14.5. The van der Waals surface area contributed by atoms with Crippen molar-refractivity contribution in [3.05, 3.63) is 71.1 Å². The van der Waals surface area contributed by atoms with Crippen molar-refractivity contribution in [2.45, 2.75) is 38.8 Å². The van der Waals surface area contributed by atoms with Gasteiger partial charge in [0.25, 0.3) is 5.91 Å². The number of halogens is 1. The van der Waals surface area contributed by atoms with E-state index in [1.807, 2.05) is 51.1 Å². The molecule has 0 radical (unpaired) electrons. The minimum absolute atomic E-state index is 0.252. The Labute approximate surface area is 170 Å². The molecular weight excluding hydrogens is 373 g/mol. The van der Waals surface area contributed by atoms with Crippen LogP contribution in [0.4, 0.5) is 4.39 Å². The van der Waals surface area contributed by atoms with Crippen molar-refractivity contribution >= 4 is 28.7 Å². The van der Waals surface area contributed by atoms with Crippen molar-refractivity contribution < 1.29 is 9.18 Å². The van der Waals surface area contributed by atoms with Crippen molar-refractivity contribution in [3.63, 3.8) is 0 Å². The second kappa shape index (κ2) is 10.1. The summed E-state index contributed by atoms with van der Waals surface area (Å²) in [6.45, 7) is 11.5. The van der Waals surface area contributed by atoms with Crippen LogP contribution in [0.15, 0.2) is 53.5 Å². The Morgan fingerprint density at radius 1 is 1.43 bits per heavy atom. The van der Waals surface area contributed by atoms with Gasteiger partial charge >= 0.3 is 0 Å². The van der Waals surface area contributed by atoms with Gasteiger partial charge in [-0.3, -0.25) is 9.89 Å². The van der Waals surface area contributed by atoms with Gasteiger partial charge in [0.2, 0.25) is 0 Å². The quantitative estimate of drug-likeness (QED) is 0.345. The summed E-state index contributed by atoms with van der Waals surface area (Å²) in [6, 6.07) is 8.04. The predicted octanol–water partition coefficient (Wildman–Crippen LogP) is 5.61. The SMILES string of the molecule is C=C(/C=C\c1[nH]nc(/C(=C/C)Sc2ccccc2C)c1C(C)F)C(=O)NCC. The van der Waals surface area contributed by atoms with Gasteiger partial charge in [0.05, 0.1) is 5.69 Å². The van der Waals surface area contributed by atoms with Crippen LogP contribution in [0.2, 0.25) is 0 Å². The smallest absolute Gasteiger partial charge is 0.250 e. The number of allylic oxidation sites excluding steroid dienone is 1. The van der Waals surface area contributed by atoms with Crippen molar-refractivity contribution in [1.29, 1.82) is 0 Å². The third kappa shape index (κ3) is 5.23. The maximum absolute atomic E-state index is 14.5. The average molecular weight is 400 g/mol. The lowest BCUT2D eigenvalue weighted by Crippen LogP contribution is -2.23. The number of amides is 1. The highest BCUT2D eigenvalue weighted by Crippen LogP contribution is 2.39. The Bertz CT molecular complexity index is 912. The van der Waals surface area contributed by atoms with Crippen molar-refractivity contribution in [3.8, 4) is 0 Å². The third-order valence-electron chi connectivity index (χ3n) is 4.12. The summed E-state index contributed by atoms with van der Waals surface area (Å²) >= 11 is 1.56. The van der Waals surface area contributed by atoms with Crippen LogP contribution in [0.1, 0.15) is 49.5 Å². The molecule has 0 saturated heterocycles. The highest BCUT2D eigenvalue weighted by molar-refractivity contribution is 8.08. The Kier molecular flexibility index (Phi) is 7.81. The molecule has 2 N–H and O–H groups in total. The van der Waals surface area contributed by atoms with Crippen LogP contribution < -0.4 is 5.32 Å². The molecule has 0 spiro atoms. The number of alkyl halides is 1. The molecular formula is C22H26FN3OS. The molecule has 0 aliphatic rings. The zero-order valence-corrected chi connectivity index (χ0v) is 17.5. The number of nitrogens with one attached hydrogen (secondary N) is 2. The molecule has 0 aliphatic carbocycles. The zero-order chi connectivity index (χ0) is 20.7. The number of nitrogens with zero attached hydrogens (tertiary/aromatic N) is 1. The van der Waals surface area contributed by atoms with Gasteiger partial charge in [0.15, 0.2) is 0 Å². The van der Waals surface area contributed by atoms with E-state index in [2.05, 4.69) is 22.1 Å². The summed E-state index contributed by atoms with van der Waals surface area (Å²) in [7, 11) is 0. The first-order chi connectivity index (χ1) is 13.4. The van der Waals surface area contributed by atoms with Crippen LogP contribution in [-0.4, -0.2) is 22.6 Å². The summed E-state index contributed by atoms with van der Waals surface area (Å²) in [5, 5.41) is 9.93. The molecule has 1 heterocycles. The van der Waals surface area contributed by atoms with Gasteiger partial charge in [-0.2, -0.15) is 5.10 Å². The number of thioether (sulfide) groups is 1. The molecule has 1 aromatic heterocycles. The fourth-order valence-electron chi connectivity index (χ4n) is 2.65. The summed E-state index contributed by atoms with van der Waals surface area (Å²) in [5.41, 5.74) is 3.02. The van der Waals surface area contributed by atoms with E-state index in [1.165, 1.54) is 6.92 Å². The number of aromatic nitrogens is 2. The second-order valence-electron chi connectivity index (χ2n) is 6.25. The second-order valence-corrected chi connectivity index (χ2v) is 7.34.